The first-order valence-corrected chi connectivity index (χ1v) is 18.0. The second-order valence-corrected chi connectivity index (χ2v) is 14.0. The van der Waals surface area contributed by atoms with Gasteiger partial charge in [0.1, 0.15) is 54.9 Å². The van der Waals surface area contributed by atoms with Crippen LogP contribution in [0.2, 0.25) is 0 Å². The molecule has 3 aliphatic heterocycles. The van der Waals surface area contributed by atoms with E-state index in [2.05, 4.69) is 4.99 Å². The number of aromatic carboxylic acids is 1. The third-order valence-corrected chi connectivity index (χ3v) is 10.4. The minimum atomic E-state index is -1.78. The Balaban J connectivity index is 0.00000650. The molecule has 0 spiro atoms. The SMILES string of the molecule is C[C@H]1O[C@H](O[C@H]2C(CN=C([O-])c3ccccc3C(=O)O)OCC[C@@H]2O[C@H]2O[C@@H](CO)[C@@H](O)[C@H](O[C@@H](CC3CCCCC3)C(=O)O)[C@H]2O)[C@@H](O)[C@H](O)[C@H]1O.[Na+]. The van der Waals surface area contributed by atoms with Gasteiger partial charge in [-0.2, -0.15) is 0 Å². The Morgan fingerprint density at radius 1 is 0.852 bits per heavy atom. The van der Waals surface area contributed by atoms with Crippen molar-refractivity contribution in [2.45, 2.75) is 138 Å². The third-order valence-electron chi connectivity index (χ3n) is 10.4. The molecule has 0 bridgehead atoms. The molecule has 1 unspecified atom stereocenters. The molecule has 1 aromatic rings. The van der Waals surface area contributed by atoms with E-state index in [-0.39, 0.29) is 66.1 Å². The number of aliphatic imine (C=N–C) groups is 1. The van der Waals surface area contributed by atoms with Gasteiger partial charge in [0.25, 0.3) is 0 Å². The van der Waals surface area contributed by atoms with Crippen LogP contribution in [0.4, 0.5) is 0 Å². The van der Waals surface area contributed by atoms with E-state index in [4.69, 9.17) is 28.4 Å². The van der Waals surface area contributed by atoms with Crippen molar-refractivity contribution in [3.8, 4) is 0 Å². The Hall–Kier alpha value is -1.85. The summed E-state index contributed by atoms with van der Waals surface area (Å²) >= 11 is 0. The van der Waals surface area contributed by atoms with Crippen molar-refractivity contribution in [1.82, 2.24) is 0 Å². The van der Waals surface area contributed by atoms with Gasteiger partial charge in [-0.3, -0.25) is 4.99 Å². The average molecular weight is 780 g/mol. The van der Waals surface area contributed by atoms with Crippen LogP contribution < -0.4 is 34.7 Å². The van der Waals surface area contributed by atoms with E-state index in [1.165, 1.54) is 31.2 Å². The molecule has 54 heavy (non-hydrogen) atoms. The number of aliphatic carboxylic acids is 1. The van der Waals surface area contributed by atoms with Crippen LogP contribution in [0.3, 0.4) is 0 Å². The predicted octanol–water partition coefficient (Wildman–Crippen LogP) is -4.87. The van der Waals surface area contributed by atoms with Gasteiger partial charge in [-0.25, -0.2) is 9.59 Å². The Kier molecular flexibility index (Phi) is 17.1. The molecule has 0 radical (unpaired) electrons. The summed E-state index contributed by atoms with van der Waals surface area (Å²) in [6, 6.07) is 5.48. The summed E-state index contributed by atoms with van der Waals surface area (Å²) in [4.78, 5) is 28.0. The summed E-state index contributed by atoms with van der Waals surface area (Å²) in [5, 5.41) is 96.6. The molecule has 18 nitrogen and oxygen atoms in total. The van der Waals surface area contributed by atoms with Gasteiger partial charge in [-0.05, 0) is 43.2 Å². The summed E-state index contributed by atoms with van der Waals surface area (Å²) < 4.78 is 35.4. The summed E-state index contributed by atoms with van der Waals surface area (Å²) in [7, 11) is 0. The largest absolute Gasteiger partial charge is 1.00 e. The first kappa shape index (κ1) is 44.9. The van der Waals surface area contributed by atoms with E-state index >= 15 is 0 Å². The predicted molar refractivity (Wildman–Crippen MR) is 177 cm³/mol. The van der Waals surface area contributed by atoms with Gasteiger partial charge in [0.05, 0.1) is 30.9 Å². The maximum absolute atomic E-state index is 13.1. The Morgan fingerprint density at radius 2 is 1.52 bits per heavy atom. The van der Waals surface area contributed by atoms with E-state index in [1.54, 1.807) is 0 Å². The molecule has 4 aliphatic rings. The standard InChI is InChI=1S/C35H51NO17.Na/c1-16-24(38)26(40)27(41)34(49-16)53-29-20(11-12-48-22(29)14-36-31(43)18-9-5-6-10-19(18)32(44)45)51-35-28(42)30(25(39)23(15-37)52-35)50-21(33(46)47)13-17-7-3-2-4-8-17;/h5-6,9-10,16-17,20-30,34-35,37-42H,2-4,7-8,11-15H2,1H3,(H,36,43)(H,44,45)(H,46,47);/q;+1/p-1/t16-,20+,21+,22?,23+,24+,25-,26-,27+,28-,29-,30+,34-,35+;/m1./s1. The maximum Gasteiger partial charge on any atom is 1.00 e. The molecule has 298 valence electrons. The summed E-state index contributed by atoms with van der Waals surface area (Å²) in [5.41, 5.74) is -0.454. The number of carboxylic acids is 2. The molecule has 8 N–H and O–H groups in total. The number of benzene rings is 1. The van der Waals surface area contributed by atoms with Crippen LogP contribution >= 0.6 is 0 Å². The van der Waals surface area contributed by atoms with Crippen LogP contribution in [0.1, 0.15) is 67.8 Å². The fourth-order valence-corrected chi connectivity index (χ4v) is 7.33. The van der Waals surface area contributed by atoms with E-state index in [0.717, 1.165) is 32.1 Å². The molecule has 3 heterocycles. The van der Waals surface area contributed by atoms with Gasteiger partial charge >= 0.3 is 41.5 Å². The van der Waals surface area contributed by atoms with Crippen LogP contribution in [0.15, 0.2) is 29.3 Å². The number of ether oxygens (including phenoxy) is 6. The molecule has 14 atom stereocenters. The van der Waals surface area contributed by atoms with E-state index in [1.807, 2.05) is 0 Å². The number of nitrogens with zero attached hydrogens (tertiary/aromatic N) is 1. The second kappa shape index (κ2) is 20.5. The average Bonchev–Trinajstić information content (AvgIpc) is 3.15. The Bertz CT molecular complexity index is 1400. The zero-order valence-corrected chi connectivity index (χ0v) is 32.2. The number of hydrogen-bond acceptors (Lipinski definition) is 16. The zero-order valence-electron chi connectivity index (χ0n) is 30.2. The minimum Gasteiger partial charge on any atom is -0.858 e. The number of hydrogen-bond donors (Lipinski definition) is 8. The van der Waals surface area contributed by atoms with Crippen LogP contribution in [0.5, 0.6) is 0 Å². The molecule has 5 rings (SSSR count). The van der Waals surface area contributed by atoms with Gasteiger partial charge in [0, 0.05) is 6.61 Å². The molecule has 0 amide bonds. The fraction of sp³-hybridized carbons (Fsp3) is 0.743. The van der Waals surface area contributed by atoms with Crippen molar-refractivity contribution in [2.24, 2.45) is 10.9 Å². The molecule has 19 heteroatoms. The van der Waals surface area contributed by atoms with Crippen LogP contribution in [0, 0.1) is 5.92 Å². The molecule has 1 aromatic carbocycles. The van der Waals surface area contributed by atoms with Crippen molar-refractivity contribution in [1.29, 1.82) is 0 Å². The molecule has 1 saturated carbocycles. The molecule has 0 aromatic heterocycles. The third kappa shape index (κ3) is 10.8. The number of rotatable bonds is 14. The monoisotopic (exact) mass is 779 g/mol. The van der Waals surface area contributed by atoms with Gasteiger partial charge in [0.15, 0.2) is 18.7 Å². The normalized spacial score (nSPS) is 37.2. The number of carboxylic acid groups (broad SMARTS) is 2. The smallest absolute Gasteiger partial charge is 0.858 e. The summed E-state index contributed by atoms with van der Waals surface area (Å²) in [5.74, 6) is -3.42. The second-order valence-electron chi connectivity index (χ2n) is 14.0. The van der Waals surface area contributed by atoms with E-state index in [9.17, 15) is 55.5 Å². The topological polar surface area (TPSA) is 287 Å². The number of aliphatic hydroxyl groups is 6. The van der Waals surface area contributed by atoms with Gasteiger partial charge < -0.3 is 74.4 Å². The van der Waals surface area contributed by atoms with Gasteiger partial charge in [-0.15, -0.1) is 0 Å². The first-order chi connectivity index (χ1) is 25.3. The van der Waals surface area contributed by atoms with Crippen molar-refractivity contribution < 1.29 is 114 Å². The molecular weight excluding hydrogens is 729 g/mol. The van der Waals surface area contributed by atoms with Crippen LogP contribution in [-0.2, 0) is 33.2 Å². The molecular formula is C35H50NNaO17. The van der Waals surface area contributed by atoms with Crippen LogP contribution in [0.25, 0.3) is 0 Å². The van der Waals surface area contributed by atoms with E-state index in [0.29, 0.717) is 0 Å². The Labute approximate surface area is 333 Å². The quantitative estimate of drug-likeness (QED) is 0.0499. The zero-order chi connectivity index (χ0) is 38.4. The van der Waals surface area contributed by atoms with Crippen molar-refractivity contribution in [3.63, 3.8) is 0 Å². The summed E-state index contributed by atoms with van der Waals surface area (Å²) in [6.07, 6.45) is -15.6. The number of carbonyl (C=O) groups is 2. The van der Waals surface area contributed by atoms with Crippen LogP contribution in [-0.4, -0.2) is 164 Å². The summed E-state index contributed by atoms with van der Waals surface area (Å²) in [6.45, 7) is 0.259. The van der Waals surface area contributed by atoms with Crippen molar-refractivity contribution in [2.75, 3.05) is 19.8 Å². The Morgan fingerprint density at radius 3 is 2.17 bits per heavy atom. The minimum absolute atomic E-state index is 0. The molecule has 4 fully saturated rings. The van der Waals surface area contributed by atoms with Crippen molar-refractivity contribution in [3.05, 3.63) is 35.4 Å². The fourth-order valence-electron chi connectivity index (χ4n) is 7.33. The first-order valence-electron chi connectivity index (χ1n) is 18.0. The number of aliphatic hydroxyl groups excluding tert-OH is 6. The maximum atomic E-state index is 13.1. The van der Waals surface area contributed by atoms with E-state index < -0.39 is 117 Å². The van der Waals surface area contributed by atoms with Crippen molar-refractivity contribution >= 4 is 17.8 Å². The van der Waals surface area contributed by atoms with Gasteiger partial charge in [0.2, 0.25) is 0 Å². The molecule has 3 saturated heterocycles. The van der Waals surface area contributed by atoms with Gasteiger partial charge in [-0.1, -0.05) is 50.3 Å². The molecule has 1 aliphatic carbocycles.